The number of rotatable bonds is 6. The number of nitrogens with one attached hydrogen (secondary N) is 1. The van der Waals surface area contributed by atoms with Crippen molar-refractivity contribution >= 4 is 41.0 Å². The van der Waals surface area contributed by atoms with Gasteiger partial charge in [0.25, 0.3) is 0 Å². The van der Waals surface area contributed by atoms with Gasteiger partial charge in [0.2, 0.25) is 0 Å². The number of carbonyl (C=O) groups is 2. The lowest BCUT2D eigenvalue weighted by atomic mass is 10.0. The highest BCUT2D eigenvalue weighted by atomic mass is 35.5. The van der Waals surface area contributed by atoms with Crippen molar-refractivity contribution in [3.05, 3.63) is 76.2 Å². The fourth-order valence-electron chi connectivity index (χ4n) is 3.63. The van der Waals surface area contributed by atoms with E-state index >= 15 is 4.39 Å². The summed E-state index contributed by atoms with van der Waals surface area (Å²) in [5, 5.41) is 3.29. The van der Waals surface area contributed by atoms with Crippen LogP contribution < -0.4 is 10.2 Å². The lowest BCUT2D eigenvalue weighted by molar-refractivity contribution is 0.0427. The lowest BCUT2D eigenvalue weighted by Gasteiger charge is -2.28. The zero-order valence-electron chi connectivity index (χ0n) is 23.6. The largest absolute Gasteiger partial charge is 0.443 e. The zero-order valence-corrected chi connectivity index (χ0v) is 24.3. The summed E-state index contributed by atoms with van der Waals surface area (Å²) in [5.74, 6) is -1.89. The van der Waals surface area contributed by atoms with Crippen molar-refractivity contribution in [3.8, 4) is 0 Å². The van der Waals surface area contributed by atoms with Crippen LogP contribution in [0.25, 0.3) is 0 Å². The summed E-state index contributed by atoms with van der Waals surface area (Å²) in [6, 6.07) is 5.77. The number of benzene rings is 1. The second kappa shape index (κ2) is 12.2. The van der Waals surface area contributed by atoms with E-state index in [1.807, 2.05) is 6.92 Å². The molecule has 2 heterocycles. The van der Waals surface area contributed by atoms with Crippen LogP contribution >= 0.6 is 11.6 Å². The Balaban J connectivity index is 1.88. The minimum absolute atomic E-state index is 0.194. The molecule has 0 radical (unpaired) electrons. The number of halogens is 3. The standard InChI is InChI=1S/C29H33ClF2N4O4/c1-17-19(15-33-16-23(17)35-22-11-10-20(30)14-21(22)31)9-8-18-12-13-34-25(24(18)32)36(26(37)39-28(2,3)4)27(38)40-29(5,6)7/h10-16,35H,8-9H2,1-7H3. The summed E-state index contributed by atoms with van der Waals surface area (Å²) in [6.45, 7) is 11.6. The second-order valence-corrected chi connectivity index (χ2v) is 11.6. The van der Waals surface area contributed by atoms with Crippen molar-refractivity contribution in [2.75, 3.05) is 10.2 Å². The molecule has 2 amide bonds. The van der Waals surface area contributed by atoms with Gasteiger partial charge in [0, 0.05) is 17.4 Å². The van der Waals surface area contributed by atoms with Crippen LogP contribution in [0.2, 0.25) is 5.02 Å². The van der Waals surface area contributed by atoms with Gasteiger partial charge < -0.3 is 14.8 Å². The molecule has 0 saturated carbocycles. The molecule has 214 valence electrons. The van der Waals surface area contributed by atoms with E-state index in [0.29, 0.717) is 17.0 Å². The summed E-state index contributed by atoms with van der Waals surface area (Å²) in [4.78, 5) is 34.6. The molecule has 0 unspecified atom stereocenters. The average Bonchev–Trinajstić information content (AvgIpc) is 2.81. The van der Waals surface area contributed by atoms with Gasteiger partial charge in [0.1, 0.15) is 17.0 Å². The first-order valence-electron chi connectivity index (χ1n) is 12.6. The number of nitrogens with zero attached hydrogens (tertiary/aromatic N) is 3. The summed E-state index contributed by atoms with van der Waals surface area (Å²) in [7, 11) is 0. The fraction of sp³-hybridized carbons (Fsp3) is 0.379. The van der Waals surface area contributed by atoms with E-state index in [1.54, 1.807) is 60.0 Å². The van der Waals surface area contributed by atoms with Crippen LogP contribution in [-0.2, 0) is 22.3 Å². The molecule has 0 bridgehead atoms. The summed E-state index contributed by atoms with van der Waals surface area (Å²) in [5.41, 5.74) is 0.699. The number of anilines is 3. The predicted octanol–water partition coefficient (Wildman–Crippen LogP) is 7.92. The van der Waals surface area contributed by atoms with Crippen molar-refractivity contribution in [3.63, 3.8) is 0 Å². The molecule has 3 rings (SSSR count). The lowest BCUT2D eigenvalue weighted by Crippen LogP contribution is -2.44. The van der Waals surface area contributed by atoms with Gasteiger partial charge in [-0.1, -0.05) is 11.6 Å². The monoisotopic (exact) mass is 574 g/mol. The first-order valence-corrected chi connectivity index (χ1v) is 13.0. The Morgan fingerprint density at radius 2 is 1.52 bits per heavy atom. The third-order valence-corrected chi connectivity index (χ3v) is 5.73. The van der Waals surface area contributed by atoms with Gasteiger partial charge in [-0.15, -0.1) is 0 Å². The maximum absolute atomic E-state index is 15.8. The molecule has 11 heteroatoms. The fourth-order valence-corrected chi connectivity index (χ4v) is 3.79. The van der Waals surface area contributed by atoms with Gasteiger partial charge in [-0.2, -0.15) is 4.90 Å². The highest BCUT2D eigenvalue weighted by molar-refractivity contribution is 6.30. The summed E-state index contributed by atoms with van der Waals surface area (Å²) in [6.07, 6.45) is 2.85. The van der Waals surface area contributed by atoms with Crippen LogP contribution in [0.4, 0.5) is 35.6 Å². The maximum atomic E-state index is 15.8. The Labute approximate surface area is 237 Å². The van der Waals surface area contributed by atoms with Gasteiger partial charge in [0.15, 0.2) is 11.6 Å². The molecule has 8 nitrogen and oxygen atoms in total. The molecule has 0 aliphatic carbocycles. The number of hydrogen-bond donors (Lipinski definition) is 1. The molecule has 0 aliphatic heterocycles. The topological polar surface area (TPSA) is 93.7 Å². The quantitative estimate of drug-likeness (QED) is 0.319. The van der Waals surface area contributed by atoms with E-state index in [-0.39, 0.29) is 22.7 Å². The van der Waals surface area contributed by atoms with E-state index in [4.69, 9.17) is 21.1 Å². The SMILES string of the molecule is Cc1c(CCc2ccnc(N(C(=O)OC(C)(C)C)C(=O)OC(C)(C)C)c2F)cncc1Nc1ccc(Cl)cc1F. The van der Waals surface area contributed by atoms with Crippen LogP contribution in [0.5, 0.6) is 0 Å². The molecule has 40 heavy (non-hydrogen) atoms. The predicted molar refractivity (Wildman–Crippen MR) is 150 cm³/mol. The van der Waals surface area contributed by atoms with Crippen LogP contribution in [-0.4, -0.2) is 33.4 Å². The van der Waals surface area contributed by atoms with E-state index in [0.717, 1.165) is 11.1 Å². The minimum atomic E-state index is -1.11. The van der Waals surface area contributed by atoms with Crippen molar-refractivity contribution in [1.82, 2.24) is 9.97 Å². The van der Waals surface area contributed by atoms with Crippen LogP contribution in [0, 0.1) is 18.6 Å². The minimum Gasteiger partial charge on any atom is -0.443 e. The third-order valence-electron chi connectivity index (χ3n) is 5.50. The molecule has 0 saturated heterocycles. The Morgan fingerprint density at radius 1 is 0.925 bits per heavy atom. The first-order chi connectivity index (χ1) is 18.6. The van der Waals surface area contributed by atoms with Crippen molar-refractivity contribution in [2.24, 2.45) is 0 Å². The first kappa shape index (κ1) is 30.7. The van der Waals surface area contributed by atoms with Crippen LogP contribution in [0.15, 0.2) is 42.9 Å². The Hall–Kier alpha value is -3.79. The van der Waals surface area contributed by atoms with Crippen molar-refractivity contribution < 1.29 is 27.8 Å². The van der Waals surface area contributed by atoms with Gasteiger partial charge >= 0.3 is 12.2 Å². The Morgan fingerprint density at radius 3 is 2.10 bits per heavy atom. The number of ether oxygens (including phenoxy) is 2. The maximum Gasteiger partial charge on any atom is 0.425 e. The van der Waals surface area contributed by atoms with Crippen molar-refractivity contribution in [1.29, 1.82) is 0 Å². The van der Waals surface area contributed by atoms with E-state index in [1.165, 1.54) is 24.4 Å². The Kier molecular flexibility index (Phi) is 9.35. The molecule has 1 aromatic carbocycles. The second-order valence-electron chi connectivity index (χ2n) is 11.1. The zero-order chi connectivity index (χ0) is 29.8. The van der Waals surface area contributed by atoms with Crippen LogP contribution in [0.3, 0.4) is 0 Å². The van der Waals surface area contributed by atoms with Gasteiger partial charge in [-0.25, -0.2) is 23.4 Å². The van der Waals surface area contributed by atoms with E-state index in [2.05, 4.69) is 15.3 Å². The molecule has 0 atom stereocenters. The number of aryl methyl sites for hydroxylation is 2. The number of imide groups is 1. The average molecular weight is 575 g/mol. The molecule has 0 spiro atoms. The number of carbonyl (C=O) groups excluding carboxylic acids is 2. The van der Waals surface area contributed by atoms with Crippen molar-refractivity contribution in [2.45, 2.75) is 72.5 Å². The van der Waals surface area contributed by atoms with E-state index in [9.17, 15) is 14.0 Å². The highest BCUT2D eigenvalue weighted by Gasteiger charge is 2.35. The molecule has 0 aliphatic rings. The summed E-state index contributed by atoms with van der Waals surface area (Å²) < 4.78 is 40.7. The number of aromatic nitrogens is 2. The highest BCUT2D eigenvalue weighted by Crippen LogP contribution is 2.28. The molecule has 3 aromatic rings. The number of pyridine rings is 2. The molecular formula is C29H33ClF2N4O4. The normalized spacial score (nSPS) is 11.7. The molecule has 1 N–H and O–H groups in total. The smallest absolute Gasteiger partial charge is 0.425 e. The molecular weight excluding hydrogens is 542 g/mol. The molecule has 2 aromatic heterocycles. The van der Waals surface area contributed by atoms with Gasteiger partial charge in [0.05, 0.1) is 17.6 Å². The Bertz CT molecular complexity index is 1380. The van der Waals surface area contributed by atoms with Gasteiger partial charge in [-0.05, 0) is 102 Å². The van der Waals surface area contributed by atoms with E-state index < -0.39 is 40.8 Å². The van der Waals surface area contributed by atoms with Gasteiger partial charge in [-0.3, -0.25) is 4.98 Å². The number of hydrogen-bond acceptors (Lipinski definition) is 7. The molecule has 0 fully saturated rings. The third kappa shape index (κ3) is 8.11. The van der Waals surface area contributed by atoms with Crippen LogP contribution in [0.1, 0.15) is 58.2 Å². The number of amides is 2. The summed E-state index contributed by atoms with van der Waals surface area (Å²) >= 11 is 5.84.